The van der Waals surface area contributed by atoms with Gasteiger partial charge >= 0.3 is 12.1 Å². The number of nitriles is 1. The van der Waals surface area contributed by atoms with Crippen molar-refractivity contribution >= 4 is 11.8 Å². The zero-order valence-electron chi connectivity index (χ0n) is 10.9. The van der Waals surface area contributed by atoms with Gasteiger partial charge in [-0.2, -0.15) is 27.2 Å². The number of alkyl halides is 5. The fraction of sp³-hybridized carbons (Fsp3) is 0.909. The molecule has 0 saturated carbocycles. The molecule has 0 amide bonds. The van der Waals surface area contributed by atoms with Gasteiger partial charge in [-0.1, -0.05) is 0 Å². The molecule has 0 heterocycles. The van der Waals surface area contributed by atoms with Crippen LogP contribution in [0.1, 0.15) is 26.7 Å². The van der Waals surface area contributed by atoms with Gasteiger partial charge in [0.25, 0.3) is 0 Å². The van der Waals surface area contributed by atoms with Gasteiger partial charge in [0.1, 0.15) is 0 Å². The fourth-order valence-corrected chi connectivity index (χ4v) is 2.08. The van der Waals surface area contributed by atoms with Gasteiger partial charge in [-0.05, 0) is 20.3 Å². The Morgan fingerprint density at radius 1 is 1.21 bits per heavy atom. The predicted octanol–water partition coefficient (Wildman–Crippen LogP) is 4.01. The van der Waals surface area contributed by atoms with Crippen LogP contribution in [0.25, 0.3) is 0 Å². The number of halogens is 5. The molecule has 8 heteroatoms. The highest BCUT2D eigenvalue weighted by molar-refractivity contribution is 8.00. The molecule has 0 saturated heterocycles. The van der Waals surface area contributed by atoms with E-state index in [2.05, 4.69) is 0 Å². The van der Waals surface area contributed by atoms with Crippen molar-refractivity contribution in [2.45, 2.75) is 49.6 Å². The molecule has 2 nitrogen and oxygen atoms in total. The van der Waals surface area contributed by atoms with E-state index < -0.39 is 35.8 Å². The molecule has 0 aromatic rings. The summed E-state index contributed by atoms with van der Waals surface area (Å²) < 4.78 is 66.3. The Balaban J connectivity index is 4.34. The van der Waals surface area contributed by atoms with E-state index in [0.29, 0.717) is 5.75 Å². The van der Waals surface area contributed by atoms with Gasteiger partial charge in [0.15, 0.2) is 0 Å². The van der Waals surface area contributed by atoms with E-state index in [1.807, 2.05) is 0 Å². The van der Waals surface area contributed by atoms with E-state index in [0.717, 1.165) is 11.8 Å². The highest BCUT2D eigenvalue weighted by Gasteiger charge is 2.56. The summed E-state index contributed by atoms with van der Waals surface area (Å²) in [6.45, 7) is 3.47. The SMILES string of the molecule is COC(C)(C)CSC(C#N)CCC(F)(F)C(F)(F)F. The average Bonchev–Trinajstić information content (AvgIpc) is 2.27. The smallest absolute Gasteiger partial charge is 0.378 e. The maximum atomic E-state index is 12.7. The van der Waals surface area contributed by atoms with Gasteiger partial charge < -0.3 is 4.74 Å². The summed E-state index contributed by atoms with van der Waals surface area (Å²) in [4.78, 5) is 0. The molecule has 0 aromatic heterocycles. The summed E-state index contributed by atoms with van der Waals surface area (Å²) in [5, 5.41) is 7.84. The van der Waals surface area contributed by atoms with Gasteiger partial charge in [-0.25, -0.2) is 0 Å². The van der Waals surface area contributed by atoms with Crippen molar-refractivity contribution in [2.75, 3.05) is 12.9 Å². The van der Waals surface area contributed by atoms with Crippen LogP contribution in [0, 0.1) is 11.3 Å². The monoisotopic (exact) mass is 305 g/mol. The van der Waals surface area contributed by atoms with Crippen molar-refractivity contribution in [3.05, 3.63) is 0 Å². The largest absolute Gasteiger partial charge is 0.453 e. The van der Waals surface area contributed by atoms with Crippen molar-refractivity contribution < 1.29 is 26.7 Å². The number of hydrogen-bond acceptors (Lipinski definition) is 3. The molecule has 0 fully saturated rings. The third-order valence-corrected chi connectivity index (χ3v) is 4.07. The van der Waals surface area contributed by atoms with Crippen molar-refractivity contribution in [1.82, 2.24) is 0 Å². The third-order valence-electron chi connectivity index (χ3n) is 2.46. The third kappa shape index (κ3) is 6.43. The van der Waals surface area contributed by atoms with Crippen molar-refractivity contribution in [2.24, 2.45) is 0 Å². The van der Waals surface area contributed by atoms with Crippen LogP contribution in [0.5, 0.6) is 0 Å². The lowest BCUT2D eigenvalue weighted by atomic mass is 10.1. The average molecular weight is 305 g/mol. The van der Waals surface area contributed by atoms with Gasteiger partial charge in [0.2, 0.25) is 0 Å². The number of rotatable bonds is 7. The maximum Gasteiger partial charge on any atom is 0.453 e. The minimum absolute atomic E-state index is 0.333. The molecule has 1 unspecified atom stereocenters. The highest BCUT2D eigenvalue weighted by Crippen LogP contribution is 2.40. The van der Waals surface area contributed by atoms with Crippen molar-refractivity contribution in [3.8, 4) is 6.07 Å². The van der Waals surface area contributed by atoms with E-state index in [9.17, 15) is 22.0 Å². The van der Waals surface area contributed by atoms with Crippen LogP contribution in [-0.2, 0) is 4.74 Å². The molecule has 0 spiro atoms. The van der Waals surface area contributed by atoms with Gasteiger partial charge in [0, 0.05) is 19.3 Å². The summed E-state index contributed by atoms with van der Waals surface area (Å²) in [5.74, 6) is -4.42. The lowest BCUT2D eigenvalue weighted by Crippen LogP contribution is -2.37. The van der Waals surface area contributed by atoms with Gasteiger partial charge in [-0.3, -0.25) is 0 Å². The van der Waals surface area contributed by atoms with Crippen LogP contribution in [0.4, 0.5) is 22.0 Å². The second kappa shape index (κ2) is 6.75. The number of ether oxygens (including phenoxy) is 1. The molecule has 1 atom stereocenters. The summed E-state index contributed by atoms with van der Waals surface area (Å²) in [6.07, 6.45) is -7.47. The van der Waals surface area contributed by atoms with Crippen LogP contribution in [0.15, 0.2) is 0 Å². The molecular weight excluding hydrogens is 289 g/mol. The number of nitrogens with zero attached hydrogens (tertiary/aromatic N) is 1. The molecule has 0 aromatic carbocycles. The van der Waals surface area contributed by atoms with Crippen LogP contribution in [-0.4, -0.2) is 35.8 Å². The van der Waals surface area contributed by atoms with Crippen LogP contribution < -0.4 is 0 Å². The van der Waals surface area contributed by atoms with Gasteiger partial charge in [0.05, 0.1) is 16.9 Å². The van der Waals surface area contributed by atoms with Gasteiger partial charge in [-0.15, -0.1) is 11.8 Å². The number of methoxy groups -OCH3 is 1. The van der Waals surface area contributed by atoms with Crippen molar-refractivity contribution in [1.29, 1.82) is 5.26 Å². The summed E-state index contributed by atoms with van der Waals surface area (Å²) in [7, 11) is 1.46. The lowest BCUT2D eigenvalue weighted by molar-refractivity contribution is -0.284. The molecule has 0 aliphatic heterocycles. The molecule has 0 aliphatic rings. The summed E-state index contributed by atoms with van der Waals surface area (Å²) in [5.41, 5.74) is -0.563. The zero-order chi connectivity index (χ0) is 15.3. The predicted molar refractivity (Wildman–Crippen MR) is 63.2 cm³/mol. The first-order valence-electron chi connectivity index (χ1n) is 5.46. The molecule has 0 N–H and O–H groups in total. The zero-order valence-corrected chi connectivity index (χ0v) is 11.7. The Hall–Kier alpha value is -0.550. The summed E-state index contributed by atoms with van der Waals surface area (Å²) >= 11 is 1.02. The Morgan fingerprint density at radius 3 is 2.11 bits per heavy atom. The fourth-order valence-electron chi connectivity index (χ4n) is 0.999. The van der Waals surface area contributed by atoms with Crippen molar-refractivity contribution in [3.63, 3.8) is 0 Å². The van der Waals surface area contributed by atoms with Crippen LogP contribution in [0.3, 0.4) is 0 Å². The molecule has 0 rings (SSSR count). The van der Waals surface area contributed by atoms with E-state index in [1.165, 1.54) is 7.11 Å². The lowest BCUT2D eigenvalue weighted by Gasteiger charge is -2.24. The topological polar surface area (TPSA) is 33.0 Å². The standard InChI is InChI=1S/C11H16F5NOS/c1-9(2,18-3)7-19-8(6-17)4-5-10(12,13)11(14,15)16/h8H,4-5,7H2,1-3H3. The Morgan fingerprint density at radius 2 is 1.74 bits per heavy atom. The molecular formula is C11H16F5NOS. The number of thioether (sulfide) groups is 1. The Labute approximate surface area is 113 Å². The normalized spacial score (nSPS) is 15.1. The van der Waals surface area contributed by atoms with Crippen LogP contribution in [0.2, 0.25) is 0 Å². The van der Waals surface area contributed by atoms with E-state index in [1.54, 1.807) is 19.9 Å². The number of hydrogen-bond donors (Lipinski definition) is 0. The molecule has 112 valence electrons. The van der Waals surface area contributed by atoms with E-state index >= 15 is 0 Å². The Kier molecular flexibility index (Phi) is 6.55. The van der Waals surface area contributed by atoms with E-state index in [-0.39, 0.29) is 0 Å². The first-order valence-corrected chi connectivity index (χ1v) is 6.51. The first-order chi connectivity index (χ1) is 8.45. The summed E-state index contributed by atoms with van der Waals surface area (Å²) in [6, 6.07) is 1.73. The maximum absolute atomic E-state index is 12.7. The molecule has 0 bridgehead atoms. The highest BCUT2D eigenvalue weighted by atomic mass is 32.2. The Bertz CT molecular complexity index is 324. The minimum atomic E-state index is -5.57. The second-order valence-electron chi connectivity index (χ2n) is 4.63. The van der Waals surface area contributed by atoms with Crippen LogP contribution >= 0.6 is 11.8 Å². The molecule has 0 aliphatic carbocycles. The quantitative estimate of drug-likeness (QED) is 0.666. The molecule has 19 heavy (non-hydrogen) atoms. The van der Waals surface area contributed by atoms with E-state index in [4.69, 9.17) is 10.00 Å². The second-order valence-corrected chi connectivity index (χ2v) is 5.82. The first kappa shape index (κ1) is 18.4. The minimum Gasteiger partial charge on any atom is -0.378 e. The molecule has 0 radical (unpaired) electrons.